The van der Waals surface area contributed by atoms with Crippen molar-refractivity contribution in [2.45, 2.75) is 26.3 Å². The average molecular weight is 270 g/mol. The van der Waals surface area contributed by atoms with Gasteiger partial charge in [-0.25, -0.2) is 0 Å². The molecule has 0 bridgehead atoms. The molecular weight excluding hydrogens is 256 g/mol. The highest BCUT2D eigenvalue weighted by Gasteiger charge is 2.23. The maximum atomic E-state index is 11.5. The lowest BCUT2D eigenvalue weighted by Crippen LogP contribution is -2.43. The molecule has 0 atom stereocenters. The van der Waals surface area contributed by atoms with Gasteiger partial charge in [-0.3, -0.25) is 19.7 Å². The zero-order valence-electron chi connectivity index (χ0n) is 10.7. The summed E-state index contributed by atoms with van der Waals surface area (Å²) in [6.45, 7) is 4.87. The van der Waals surface area contributed by atoms with Crippen molar-refractivity contribution in [1.29, 1.82) is 0 Å². The summed E-state index contributed by atoms with van der Waals surface area (Å²) in [6, 6.07) is 0. The van der Waals surface area contributed by atoms with Gasteiger partial charge >= 0.3 is 17.1 Å². The number of hydrogen-bond acceptors (Lipinski definition) is 6. The molecule has 2 N–H and O–H groups in total. The van der Waals surface area contributed by atoms with Crippen LogP contribution < -0.4 is 15.6 Å². The van der Waals surface area contributed by atoms with Crippen LogP contribution in [0.5, 0.6) is 5.88 Å². The molecule has 1 aromatic rings. The number of amides is 1. The maximum Gasteiger partial charge on any atom is 0.395 e. The lowest BCUT2D eigenvalue weighted by atomic mass is 10.1. The molecule has 9 heteroatoms. The molecule has 0 saturated carbocycles. The van der Waals surface area contributed by atoms with E-state index in [1.807, 2.05) is 0 Å². The summed E-state index contributed by atoms with van der Waals surface area (Å²) in [5.74, 6) is -0.957. The molecule has 1 amide bonds. The van der Waals surface area contributed by atoms with E-state index in [2.05, 4.69) is 15.3 Å². The molecule has 9 nitrogen and oxygen atoms in total. The van der Waals surface area contributed by atoms with E-state index in [-0.39, 0.29) is 0 Å². The second kappa shape index (κ2) is 5.46. The molecule has 1 heterocycles. The molecule has 0 aliphatic carbocycles. The highest BCUT2D eigenvalue weighted by atomic mass is 16.6. The first-order chi connectivity index (χ1) is 8.70. The van der Waals surface area contributed by atoms with E-state index in [0.717, 1.165) is 6.33 Å². The highest BCUT2D eigenvalue weighted by molar-refractivity contribution is 5.78. The van der Waals surface area contributed by atoms with Crippen molar-refractivity contribution in [3.05, 3.63) is 26.8 Å². The summed E-state index contributed by atoms with van der Waals surface area (Å²) >= 11 is 0. The fourth-order valence-corrected chi connectivity index (χ4v) is 1.23. The molecule has 104 valence electrons. The lowest BCUT2D eigenvalue weighted by molar-refractivity contribution is -0.387. The predicted molar refractivity (Wildman–Crippen MR) is 64.9 cm³/mol. The minimum atomic E-state index is -0.939. The largest absolute Gasteiger partial charge is 0.463 e. The van der Waals surface area contributed by atoms with Crippen molar-refractivity contribution < 1.29 is 14.5 Å². The van der Waals surface area contributed by atoms with Gasteiger partial charge in [0, 0.05) is 5.54 Å². The van der Waals surface area contributed by atoms with Gasteiger partial charge in [0.1, 0.15) is 0 Å². The number of nitrogens with zero attached hydrogens (tertiary/aromatic N) is 2. The zero-order chi connectivity index (χ0) is 14.6. The van der Waals surface area contributed by atoms with Crippen LogP contribution in [0.25, 0.3) is 0 Å². The van der Waals surface area contributed by atoms with Gasteiger partial charge in [-0.2, -0.15) is 4.98 Å². The molecule has 0 fully saturated rings. The van der Waals surface area contributed by atoms with E-state index < -0.39 is 40.1 Å². The minimum Gasteiger partial charge on any atom is -0.463 e. The fourth-order valence-electron chi connectivity index (χ4n) is 1.23. The molecule has 0 spiro atoms. The number of H-pyrrole nitrogens is 1. The van der Waals surface area contributed by atoms with Crippen molar-refractivity contribution in [1.82, 2.24) is 15.3 Å². The van der Waals surface area contributed by atoms with Gasteiger partial charge in [0.15, 0.2) is 6.61 Å². The van der Waals surface area contributed by atoms with Crippen molar-refractivity contribution in [3.8, 4) is 5.88 Å². The molecule has 0 aromatic carbocycles. The van der Waals surface area contributed by atoms with Crippen LogP contribution in [0.15, 0.2) is 11.1 Å². The molecule has 1 aromatic heterocycles. The van der Waals surface area contributed by atoms with Crippen LogP contribution in [0, 0.1) is 10.1 Å². The maximum absolute atomic E-state index is 11.5. The Hall–Kier alpha value is -2.45. The summed E-state index contributed by atoms with van der Waals surface area (Å²) in [7, 11) is 0. The van der Waals surface area contributed by atoms with Crippen LogP contribution >= 0.6 is 0 Å². The molecule has 0 radical (unpaired) electrons. The van der Waals surface area contributed by atoms with Crippen molar-refractivity contribution in [2.24, 2.45) is 0 Å². The summed E-state index contributed by atoms with van der Waals surface area (Å²) in [5.41, 5.74) is -2.22. The number of aromatic nitrogens is 2. The molecule has 0 aliphatic heterocycles. The number of nitro groups is 1. The first-order valence-electron chi connectivity index (χ1n) is 5.36. The lowest BCUT2D eigenvalue weighted by Gasteiger charge is -2.20. The second-order valence-electron chi connectivity index (χ2n) is 4.73. The van der Waals surface area contributed by atoms with E-state index in [1.165, 1.54) is 0 Å². The standard InChI is InChI=1S/C10H14N4O5/c1-10(2,3)13-6(15)4-19-9-7(14(17)18)8(16)11-5-12-9/h5H,4H2,1-3H3,(H,13,15)(H,11,12,16). The summed E-state index contributed by atoms with van der Waals surface area (Å²) in [4.78, 5) is 38.1. The van der Waals surface area contributed by atoms with Crippen molar-refractivity contribution >= 4 is 11.6 Å². The van der Waals surface area contributed by atoms with E-state index >= 15 is 0 Å². The number of carbonyl (C=O) groups excluding carboxylic acids is 1. The quantitative estimate of drug-likeness (QED) is 0.584. The number of carbonyl (C=O) groups is 1. The van der Waals surface area contributed by atoms with E-state index in [0.29, 0.717) is 0 Å². The van der Waals surface area contributed by atoms with Gasteiger partial charge in [-0.1, -0.05) is 0 Å². The Morgan fingerprint density at radius 2 is 2.21 bits per heavy atom. The third-order valence-electron chi connectivity index (χ3n) is 1.83. The SMILES string of the molecule is CC(C)(C)NC(=O)COc1nc[nH]c(=O)c1[N+](=O)[O-]. The van der Waals surface area contributed by atoms with E-state index in [9.17, 15) is 19.7 Å². The van der Waals surface area contributed by atoms with Gasteiger partial charge in [0.05, 0.1) is 11.3 Å². The van der Waals surface area contributed by atoms with Crippen molar-refractivity contribution in [2.75, 3.05) is 6.61 Å². The number of aromatic amines is 1. The first-order valence-corrected chi connectivity index (χ1v) is 5.36. The summed E-state index contributed by atoms with van der Waals surface area (Å²) in [6.07, 6.45) is 0.965. The molecular formula is C10H14N4O5. The van der Waals surface area contributed by atoms with Crippen molar-refractivity contribution in [3.63, 3.8) is 0 Å². The zero-order valence-corrected chi connectivity index (χ0v) is 10.7. The Labute approximate surface area is 108 Å². The molecule has 0 unspecified atom stereocenters. The Morgan fingerprint density at radius 1 is 1.58 bits per heavy atom. The van der Waals surface area contributed by atoms with Crippen LogP contribution in [-0.2, 0) is 4.79 Å². The summed E-state index contributed by atoms with van der Waals surface area (Å²) in [5, 5.41) is 13.3. The number of hydrogen-bond donors (Lipinski definition) is 2. The predicted octanol–water partition coefficient (Wildman–Crippen LogP) is -0.0284. The minimum absolute atomic E-state index is 0.450. The molecule has 1 rings (SSSR count). The third-order valence-corrected chi connectivity index (χ3v) is 1.83. The first kappa shape index (κ1) is 14.6. The van der Waals surface area contributed by atoms with Gasteiger partial charge in [0.25, 0.3) is 5.91 Å². The topological polar surface area (TPSA) is 127 Å². The van der Waals surface area contributed by atoms with Gasteiger partial charge in [-0.15, -0.1) is 0 Å². The molecule has 0 saturated heterocycles. The number of ether oxygens (including phenoxy) is 1. The number of rotatable bonds is 4. The van der Waals surface area contributed by atoms with Gasteiger partial charge < -0.3 is 15.0 Å². The second-order valence-corrected chi connectivity index (χ2v) is 4.73. The summed E-state index contributed by atoms with van der Waals surface area (Å²) < 4.78 is 4.90. The Balaban J connectivity index is 2.79. The van der Waals surface area contributed by atoms with E-state index in [1.54, 1.807) is 20.8 Å². The van der Waals surface area contributed by atoms with Gasteiger partial charge in [0.2, 0.25) is 0 Å². The van der Waals surface area contributed by atoms with Crippen LogP contribution in [0.3, 0.4) is 0 Å². The Kier molecular flexibility index (Phi) is 4.20. The third kappa shape index (κ3) is 4.37. The fraction of sp³-hybridized carbons (Fsp3) is 0.500. The molecule has 19 heavy (non-hydrogen) atoms. The van der Waals surface area contributed by atoms with Gasteiger partial charge in [-0.05, 0) is 20.8 Å². The molecule has 0 aliphatic rings. The van der Waals surface area contributed by atoms with Crippen LogP contribution in [0.4, 0.5) is 5.69 Å². The monoisotopic (exact) mass is 270 g/mol. The van der Waals surface area contributed by atoms with Crippen LogP contribution in [0.2, 0.25) is 0 Å². The van der Waals surface area contributed by atoms with Crippen LogP contribution in [-0.4, -0.2) is 32.9 Å². The average Bonchev–Trinajstić information content (AvgIpc) is 2.23. The normalized spacial score (nSPS) is 10.9. The highest BCUT2D eigenvalue weighted by Crippen LogP contribution is 2.17. The Bertz CT molecular complexity index is 546. The van der Waals surface area contributed by atoms with E-state index in [4.69, 9.17) is 4.74 Å². The Morgan fingerprint density at radius 3 is 2.74 bits per heavy atom. The smallest absolute Gasteiger partial charge is 0.395 e. The van der Waals surface area contributed by atoms with Crippen LogP contribution in [0.1, 0.15) is 20.8 Å². The number of nitrogens with one attached hydrogen (secondary N) is 2.